The molecular weight excluding hydrogens is 425 g/mol. The van der Waals surface area contributed by atoms with Crippen molar-refractivity contribution < 1.29 is 4.79 Å². The van der Waals surface area contributed by atoms with Gasteiger partial charge < -0.3 is 4.90 Å². The first-order valence-electron chi connectivity index (χ1n) is 9.61. The molecule has 0 aliphatic carbocycles. The molecule has 0 N–H and O–H groups in total. The van der Waals surface area contributed by atoms with Crippen LogP contribution in [0, 0.1) is 13.8 Å². The molecule has 1 heterocycles. The number of carbonyl (C=O) groups is 1. The van der Waals surface area contributed by atoms with Gasteiger partial charge in [0.1, 0.15) is 5.52 Å². The predicted molar refractivity (Wildman–Crippen MR) is 127 cm³/mol. The van der Waals surface area contributed by atoms with Gasteiger partial charge in [0.15, 0.2) is 5.13 Å². The number of thiazole rings is 1. The Morgan fingerprint density at radius 1 is 1.07 bits per heavy atom. The maximum Gasteiger partial charge on any atom is 0.260 e. The van der Waals surface area contributed by atoms with Crippen molar-refractivity contribution in [2.45, 2.75) is 27.7 Å². The number of benzene rings is 2. The van der Waals surface area contributed by atoms with Crippen molar-refractivity contribution in [3.63, 3.8) is 0 Å². The summed E-state index contributed by atoms with van der Waals surface area (Å²) < 4.78 is 0.989. The first-order chi connectivity index (χ1) is 13.4. The Labute approximate surface area is 187 Å². The van der Waals surface area contributed by atoms with Crippen molar-refractivity contribution >= 4 is 56.6 Å². The molecule has 3 rings (SSSR count). The molecule has 0 bridgehead atoms. The van der Waals surface area contributed by atoms with Gasteiger partial charge >= 0.3 is 0 Å². The molecule has 29 heavy (non-hydrogen) atoms. The summed E-state index contributed by atoms with van der Waals surface area (Å²) in [5, 5.41) is 1.31. The van der Waals surface area contributed by atoms with Crippen LogP contribution in [0.3, 0.4) is 0 Å². The van der Waals surface area contributed by atoms with Crippen molar-refractivity contribution in [1.29, 1.82) is 0 Å². The van der Waals surface area contributed by atoms with Crippen molar-refractivity contribution in [3.05, 3.63) is 58.1 Å². The van der Waals surface area contributed by atoms with Gasteiger partial charge in [0.05, 0.1) is 9.72 Å². The fraction of sp³-hybridized carbons (Fsp3) is 0.364. The van der Waals surface area contributed by atoms with E-state index in [1.165, 1.54) is 16.9 Å². The molecule has 0 saturated carbocycles. The molecule has 7 heteroatoms. The molecule has 1 amide bonds. The second kappa shape index (κ2) is 10.4. The molecule has 1 aromatic heterocycles. The monoisotopic (exact) mass is 451 g/mol. The number of carbonyl (C=O) groups excluding carboxylic acids is 1. The summed E-state index contributed by atoms with van der Waals surface area (Å²) in [5.41, 5.74) is 3.73. The summed E-state index contributed by atoms with van der Waals surface area (Å²) >= 11 is 7.82. The highest BCUT2D eigenvalue weighted by Gasteiger charge is 2.22. The maximum absolute atomic E-state index is 13.4. The van der Waals surface area contributed by atoms with Crippen LogP contribution in [-0.2, 0) is 0 Å². The number of fused-ring (bicyclic) bond motifs is 1. The Balaban J connectivity index is 0.00000300. The van der Waals surface area contributed by atoms with E-state index in [0.717, 1.165) is 35.4 Å². The summed E-state index contributed by atoms with van der Waals surface area (Å²) in [6.45, 7) is 11.6. The van der Waals surface area contributed by atoms with Gasteiger partial charge in [-0.3, -0.25) is 9.69 Å². The number of halogens is 2. The molecule has 3 aromatic rings. The van der Waals surface area contributed by atoms with E-state index in [1.807, 2.05) is 43.3 Å². The topological polar surface area (TPSA) is 36.4 Å². The number of hydrogen-bond acceptors (Lipinski definition) is 4. The number of amides is 1. The van der Waals surface area contributed by atoms with Gasteiger partial charge in [0.25, 0.3) is 5.91 Å². The number of rotatable bonds is 7. The first kappa shape index (κ1) is 23.6. The van der Waals surface area contributed by atoms with Crippen molar-refractivity contribution in [1.82, 2.24) is 9.88 Å². The molecule has 0 radical (unpaired) electrons. The van der Waals surface area contributed by atoms with Gasteiger partial charge in [-0.15, -0.1) is 12.4 Å². The molecule has 2 aromatic carbocycles. The minimum absolute atomic E-state index is 0. The fourth-order valence-corrected chi connectivity index (χ4v) is 4.40. The molecular formula is C22H27Cl2N3OS. The smallest absolute Gasteiger partial charge is 0.260 e. The molecule has 0 saturated heterocycles. The maximum atomic E-state index is 13.4. The average molecular weight is 452 g/mol. The van der Waals surface area contributed by atoms with Gasteiger partial charge in [-0.05, 0) is 62.3 Å². The number of hydrogen-bond donors (Lipinski definition) is 0. The van der Waals surface area contributed by atoms with E-state index in [2.05, 4.69) is 25.7 Å². The van der Waals surface area contributed by atoms with Crippen molar-refractivity contribution in [2.75, 3.05) is 31.1 Å². The van der Waals surface area contributed by atoms with Crippen molar-refractivity contribution in [3.8, 4) is 0 Å². The third-order valence-corrected chi connectivity index (χ3v) is 6.47. The summed E-state index contributed by atoms with van der Waals surface area (Å²) in [6.07, 6.45) is 0. The lowest BCUT2D eigenvalue weighted by Crippen LogP contribution is -2.38. The summed E-state index contributed by atoms with van der Waals surface area (Å²) in [6, 6.07) is 11.6. The van der Waals surface area contributed by atoms with Crippen LogP contribution in [0.25, 0.3) is 10.2 Å². The molecule has 0 aliphatic rings. The quantitative estimate of drug-likeness (QED) is 0.443. The molecule has 4 nitrogen and oxygen atoms in total. The molecule has 0 fully saturated rings. The largest absolute Gasteiger partial charge is 0.302 e. The Kier molecular flexibility index (Phi) is 8.46. The highest BCUT2D eigenvalue weighted by Crippen LogP contribution is 2.33. The number of anilines is 1. The lowest BCUT2D eigenvalue weighted by molar-refractivity contribution is 0.0983. The van der Waals surface area contributed by atoms with Crippen LogP contribution in [-0.4, -0.2) is 42.0 Å². The van der Waals surface area contributed by atoms with Gasteiger partial charge in [0, 0.05) is 18.7 Å². The number of likely N-dealkylation sites (N-methyl/N-ethyl adjacent to an activating group) is 1. The Morgan fingerprint density at radius 3 is 2.41 bits per heavy atom. The molecule has 156 valence electrons. The van der Waals surface area contributed by atoms with Gasteiger partial charge in [-0.2, -0.15) is 0 Å². The van der Waals surface area contributed by atoms with Crippen LogP contribution in [0.4, 0.5) is 5.13 Å². The first-order valence-corrected chi connectivity index (χ1v) is 10.8. The minimum Gasteiger partial charge on any atom is -0.302 e. The SMILES string of the molecule is CCN(CC)CCN(C(=O)c1ccc(C)c(C)c1)c1nc2c(Cl)cccc2s1.Cl. The molecule has 0 atom stereocenters. The number of para-hydroxylation sites is 1. The van der Waals surface area contributed by atoms with Crippen LogP contribution in [0.15, 0.2) is 36.4 Å². The van der Waals surface area contributed by atoms with Gasteiger partial charge in [0.2, 0.25) is 0 Å². The molecule has 0 unspecified atom stereocenters. The van der Waals surface area contributed by atoms with Crippen LogP contribution in [0.2, 0.25) is 5.02 Å². The Morgan fingerprint density at radius 2 is 1.79 bits per heavy atom. The standard InChI is InChI=1S/C22H26ClN3OS.ClH/c1-5-25(6-2)12-13-26(21(27)17-11-10-15(3)16(4)14-17)22-24-20-18(23)8-7-9-19(20)28-22;/h7-11,14H,5-6,12-13H2,1-4H3;1H. The van der Waals surface area contributed by atoms with E-state index in [-0.39, 0.29) is 18.3 Å². The third-order valence-electron chi connectivity index (χ3n) is 5.12. The van der Waals surface area contributed by atoms with Crippen LogP contribution < -0.4 is 4.90 Å². The predicted octanol–water partition coefficient (Wildman–Crippen LogP) is 5.98. The highest BCUT2D eigenvalue weighted by molar-refractivity contribution is 7.22. The lowest BCUT2D eigenvalue weighted by Gasteiger charge is -2.25. The third kappa shape index (κ3) is 5.28. The summed E-state index contributed by atoms with van der Waals surface area (Å²) in [4.78, 5) is 22.2. The van der Waals surface area contributed by atoms with E-state index >= 15 is 0 Å². The second-order valence-corrected chi connectivity index (χ2v) is 8.28. The Hall–Kier alpha value is -1.66. The zero-order chi connectivity index (χ0) is 20.3. The van der Waals surface area contributed by atoms with E-state index in [0.29, 0.717) is 22.3 Å². The summed E-state index contributed by atoms with van der Waals surface area (Å²) in [7, 11) is 0. The van der Waals surface area contributed by atoms with Crippen LogP contribution >= 0.6 is 35.3 Å². The zero-order valence-corrected chi connectivity index (χ0v) is 19.6. The van der Waals surface area contributed by atoms with Crippen LogP contribution in [0.5, 0.6) is 0 Å². The number of nitrogens with zero attached hydrogens (tertiary/aromatic N) is 3. The fourth-order valence-electron chi connectivity index (χ4n) is 3.11. The molecule has 0 aliphatic heterocycles. The number of aryl methyl sites for hydroxylation is 2. The normalized spacial score (nSPS) is 11.0. The van der Waals surface area contributed by atoms with E-state index in [1.54, 1.807) is 4.90 Å². The Bertz CT molecular complexity index is 985. The van der Waals surface area contributed by atoms with Crippen LogP contribution in [0.1, 0.15) is 35.3 Å². The average Bonchev–Trinajstić information content (AvgIpc) is 3.12. The van der Waals surface area contributed by atoms with Gasteiger partial charge in [-0.1, -0.05) is 48.9 Å². The van der Waals surface area contributed by atoms with E-state index in [4.69, 9.17) is 16.6 Å². The van der Waals surface area contributed by atoms with Gasteiger partial charge in [-0.25, -0.2) is 4.98 Å². The summed E-state index contributed by atoms with van der Waals surface area (Å²) in [5.74, 6) is -0.0227. The highest BCUT2D eigenvalue weighted by atomic mass is 35.5. The zero-order valence-electron chi connectivity index (χ0n) is 17.2. The molecule has 0 spiro atoms. The minimum atomic E-state index is -0.0227. The lowest BCUT2D eigenvalue weighted by atomic mass is 10.1. The number of aromatic nitrogens is 1. The van der Waals surface area contributed by atoms with Crippen molar-refractivity contribution in [2.24, 2.45) is 0 Å². The van der Waals surface area contributed by atoms with E-state index in [9.17, 15) is 4.79 Å². The van der Waals surface area contributed by atoms with E-state index < -0.39 is 0 Å². The second-order valence-electron chi connectivity index (χ2n) is 6.87.